The summed E-state index contributed by atoms with van der Waals surface area (Å²) in [5.74, 6) is -0.320. The molecule has 2 aromatic heterocycles. The van der Waals surface area contributed by atoms with Gasteiger partial charge in [0, 0.05) is 10.6 Å². The van der Waals surface area contributed by atoms with Crippen LogP contribution in [-0.2, 0) is 6.54 Å². The normalized spacial score (nSPS) is 11.0. The van der Waals surface area contributed by atoms with Crippen LogP contribution >= 0.6 is 11.6 Å². The number of benzene rings is 2. The lowest BCUT2D eigenvalue weighted by molar-refractivity contribution is -0.0498. The summed E-state index contributed by atoms with van der Waals surface area (Å²) < 4.78 is 30.3. The number of nitrogens with one attached hydrogen (secondary N) is 2. The van der Waals surface area contributed by atoms with E-state index in [0.717, 1.165) is 5.56 Å². The van der Waals surface area contributed by atoms with Crippen molar-refractivity contribution < 1.29 is 18.3 Å². The van der Waals surface area contributed by atoms with Crippen molar-refractivity contribution in [3.05, 3.63) is 77.2 Å². The molecular formula is C20H15ClF2N6O2. The third kappa shape index (κ3) is 5.04. The molecule has 158 valence electrons. The fourth-order valence-electron chi connectivity index (χ4n) is 2.79. The SMILES string of the molecule is O=C(Nc1ncn(Cc2ccccc2Cl)n1)c1cc(-c2ccc(OC(F)F)cc2)n[nH]1. The zero-order valence-corrected chi connectivity index (χ0v) is 16.6. The molecule has 0 saturated carbocycles. The standard InChI is InChI=1S/C20H15ClF2N6O2/c21-15-4-2-1-3-13(15)10-29-11-24-20(28-29)25-18(30)17-9-16(26-27-17)12-5-7-14(8-6-12)31-19(22)23/h1-9,11,19H,10H2,(H,26,27)(H,25,28,30). The van der Waals surface area contributed by atoms with Crippen molar-refractivity contribution in [2.75, 3.05) is 5.32 Å². The molecule has 4 aromatic rings. The maximum absolute atomic E-state index is 12.5. The Kier molecular flexibility index (Phi) is 5.89. The van der Waals surface area contributed by atoms with Gasteiger partial charge in [0.25, 0.3) is 5.91 Å². The number of hydrogen-bond acceptors (Lipinski definition) is 5. The fraction of sp³-hybridized carbons (Fsp3) is 0.100. The topological polar surface area (TPSA) is 97.7 Å². The minimum absolute atomic E-state index is 0.0331. The van der Waals surface area contributed by atoms with E-state index in [1.165, 1.54) is 24.5 Å². The second-order valence-electron chi connectivity index (χ2n) is 6.38. The van der Waals surface area contributed by atoms with E-state index in [1.807, 2.05) is 18.2 Å². The van der Waals surface area contributed by atoms with Crippen LogP contribution in [0.15, 0.2) is 60.9 Å². The first-order chi connectivity index (χ1) is 15.0. The summed E-state index contributed by atoms with van der Waals surface area (Å²) in [6.45, 7) is -2.49. The number of nitrogens with zero attached hydrogens (tertiary/aromatic N) is 4. The third-order valence-electron chi connectivity index (χ3n) is 4.25. The van der Waals surface area contributed by atoms with E-state index in [9.17, 15) is 13.6 Å². The zero-order chi connectivity index (χ0) is 21.8. The number of hydrogen-bond donors (Lipinski definition) is 2. The van der Waals surface area contributed by atoms with Gasteiger partial charge in [-0.25, -0.2) is 9.67 Å². The zero-order valence-electron chi connectivity index (χ0n) is 15.8. The summed E-state index contributed by atoms with van der Waals surface area (Å²) in [7, 11) is 0. The smallest absolute Gasteiger partial charge is 0.387 e. The quantitative estimate of drug-likeness (QED) is 0.444. The van der Waals surface area contributed by atoms with Crippen LogP contribution in [-0.4, -0.2) is 37.5 Å². The number of halogens is 3. The molecule has 8 nitrogen and oxygen atoms in total. The number of H-pyrrole nitrogens is 1. The van der Waals surface area contributed by atoms with E-state index in [4.69, 9.17) is 11.6 Å². The lowest BCUT2D eigenvalue weighted by Crippen LogP contribution is -2.14. The molecule has 31 heavy (non-hydrogen) atoms. The molecular weight excluding hydrogens is 430 g/mol. The monoisotopic (exact) mass is 444 g/mol. The number of anilines is 1. The Hall–Kier alpha value is -3.79. The van der Waals surface area contributed by atoms with E-state index in [1.54, 1.807) is 22.9 Å². The van der Waals surface area contributed by atoms with Crippen molar-refractivity contribution in [3.63, 3.8) is 0 Å². The summed E-state index contributed by atoms with van der Waals surface area (Å²) in [6, 6.07) is 14.8. The van der Waals surface area contributed by atoms with Crippen LogP contribution in [0.3, 0.4) is 0 Å². The number of aromatic nitrogens is 5. The number of carbonyl (C=O) groups excluding carboxylic acids is 1. The van der Waals surface area contributed by atoms with Crippen LogP contribution < -0.4 is 10.1 Å². The van der Waals surface area contributed by atoms with Crippen molar-refractivity contribution in [1.82, 2.24) is 25.0 Å². The predicted molar refractivity (Wildman–Crippen MR) is 109 cm³/mol. The number of aromatic amines is 1. The van der Waals surface area contributed by atoms with E-state index >= 15 is 0 Å². The molecule has 0 fully saturated rings. The van der Waals surface area contributed by atoms with Crippen LogP contribution in [0.2, 0.25) is 5.02 Å². The number of rotatable bonds is 7. The lowest BCUT2D eigenvalue weighted by atomic mass is 10.1. The average Bonchev–Trinajstić information content (AvgIpc) is 3.40. The number of alkyl halides is 2. The molecule has 0 atom stereocenters. The van der Waals surface area contributed by atoms with Crippen molar-refractivity contribution in [3.8, 4) is 17.0 Å². The van der Waals surface area contributed by atoms with Crippen molar-refractivity contribution in [1.29, 1.82) is 0 Å². The van der Waals surface area contributed by atoms with E-state index in [-0.39, 0.29) is 17.4 Å². The van der Waals surface area contributed by atoms with Gasteiger partial charge in [-0.2, -0.15) is 13.9 Å². The van der Waals surface area contributed by atoms with Crippen LogP contribution in [0.5, 0.6) is 5.75 Å². The van der Waals surface area contributed by atoms with Gasteiger partial charge >= 0.3 is 6.61 Å². The first-order valence-corrected chi connectivity index (χ1v) is 9.40. The lowest BCUT2D eigenvalue weighted by Gasteiger charge is -2.04. The second kappa shape index (κ2) is 8.92. The number of ether oxygens (including phenoxy) is 1. The second-order valence-corrected chi connectivity index (χ2v) is 6.79. The molecule has 0 aliphatic rings. The molecule has 0 bridgehead atoms. The Morgan fingerprint density at radius 1 is 1.19 bits per heavy atom. The first-order valence-electron chi connectivity index (χ1n) is 9.03. The Morgan fingerprint density at radius 2 is 1.97 bits per heavy atom. The highest BCUT2D eigenvalue weighted by atomic mass is 35.5. The van der Waals surface area contributed by atoms with Gasteiger partial charge in [-0.05, 0) is 42.0 Å². The Balaban J connectivity index is 1.40. The molecule has 0 radical (unpaired) electrons. The fourth-order valence-corrected chi connectivity index (χ4v) is 2.99. The summed E-state index contributed by atoms with van der Waals surface area (Å²) in [4.78, 5) is 16.5. The summed E-state index contributed by atoms with van der Waals surface area (Å²) >= 11 is 6.15. The maximum atomic E-state index is 12.5. The Labute approximate surface area is 179 Å². The van der Waals surface area contributed by atoms with Crippen molar-refractivity contribution in [2.45, 2.75) is 13.2 Å². The molecule has 0 aliphatic carbocycles. The minimum Gasteiger partial charge on any atom is -0.435 e. The van der Waals surface area contributed by atoms with Crippen LogP contribution in [0.4, 0.5) is 14.7 Å². The van der Waals surface area contributed by atoms with Gasteiger partial charge in [0.15, 0.2) is 0 Å². The van der Waals surface area contributed by atoms with Gasteiger partial charge < -0.3 is 4.74 Å². The van der Waals surface area contributed by atoms with Crippen LogP contribution in [0.25, 0.3) is 11.3 Å². The number of carbonyl (C=O) groups is 1. The van der Waals surface area contributed by atoms with Gasteiger partial charge in [-0.15, -0.1) is 5.10 Å². The molecule has 2 N–H and O–H groups in total. The van der Waals surface area contributed by atoms with Gasteiger partial charge in [0.2, 0.25) is 5.95 Å². The van der Waals surface area contributed by atoms with Crippen molar-refractivity contribution >= 4 is 23.5 Å². The summed E-state index contributed by atoms with van der Waals surface area (Å²) in [6.07, 6.45) is 1.49. The largest absolute Gasteiger partial charge is 0.435 e. The third-order valence-corrected chi connectivity index (χ3v) is 4.62. The number of amides is 1. The highest BCUT2D eigenvalue weighted by Crippen LogP contribution is 2.22. The van der Waals surface area contributed by atoms with Crippen LogP contribution in [0, 0.1) is 0 Å². The average molecular weight is 445 g/mol. The molecule has 1 amide bonds. The van der Waals surface area contributed by atoms with Gasteiger partial charge in [0.1, 0.15) is 17.8 Å². The maximum Gasteiger partial charge on any atom is 0.387 e. The van der Waals surface area contributed by atoms with Gasteiger partial charge in [-0.1, -0.05) is 29.8 Å². The van der Waals surface area contributed by atoms with E-state index in [2.05, 4.69) is 30.3 Å². The van der Waals surface area contributed by atoms with Gasteiger partial charge in [0.05, 0.1) is 12.2 Å². The Morgan fingerprint density at radius 3 is 2.71 bits per heavy atom. The summed E-state index contributed by atoms with van der Waals surface area (Å²) in [5, 5.41) is 14.1. The molecule has 0 saturated heterocycles. The first kappa shape index (κ1) is 20.5. The van der Waals surface area contributed by atoms with Crippen LogP contribution in [0.1, 0.15) is 16.1 Å². The summed E-state index contributed by atoms with van der Waals surface area (Å²) in [5.41, 5.74) is 2.14. The van der Waals surface area contributed by atoms with E-state index in [0.29, 0.717) is 22.8 Å². The van der Waals surface area contributed by atoms with Crippen molar-refractivity contribution in [2.24, 2.45) is 0 Å². The Bertz CT molecular complexity index is 1190. The molecule has 0 unspecified atom stereocenters. The predicted octanol–water partition coefficient (Wildman–Crippen LogP) is 4.22. The highest BCUT2D eigenvalue weighted by Gasteiger charge is 2.14. The molecule has 2 heterocycles. The molecule has 0 spiro atoms. The molecule has 2 aromatic carbocycles. The molecule has 4 rings (SSSR count). The van der Waals surface area contributed by atoms with E-state index < -0.39 is 12.5 Å². The molecule has 0 aliphatic heterocycles. The molecule has 11 heteroatoms. The highest BCUT2D eigenvalue weighted by molar-refractivity contribution is 6.31. The minimum atomic E-state index is -2.90. The van der Waals surface area contributed by atoms with Gasteiger partial charge in [-0.3, -0.25) is 15.2 Å².